The Kier molecular flexibility index (Phi) is 1.95. The molecule has 0 bridgehead atoms. The van der Waals surface area contributed by atoms with E-state index in [2.05, 4.69) is 19.6 Å². The zero-order chi connectivity index (χ0) is 7.56. The van der Waals surface area contributed by atoms with E-state index in [1.54, 1.807) is 6.08 Å². The van der Waals surface area contributed by atoms with Gasteiger partial charge in [-0.1, -0.05) is 13.5 Å². The molecule has 10 heavy (non-hydrogen) atoms. The second kappa shape index (κ2) is 2.74. The van der Waals surface area contributed by atoms with Gasteiger partial charge in [-0.15, -0.1) is 0 Å². The molecule has 0 atom stereocenters. The van der Waals surface area contributed by atoms with E-state index in [9.17, 15) is 0 Å². The largest absolute Gasteiger partial charge is 0.462 e. The summed E-state index contributed by atoms with van der Waals surface area (Å²) in [5, 5.41) is 0. The summed E-state index contributed by atoms with van der Waals surface area (Å²) in [6, 6.07) is 2.05. The van der Waals surface area contributed by atoms with Crippen molar-refractivity contribution in [2.45, 2.75) is 20.3 Å². The van der Waals surface area contributed by atoms with Gasteiger partial charge in [-0.25, -0.2) is 0 Å². The van der Waals surface area contributed by atoms with Crippen LogP contribution in [-0.4, -0.2) is 0 Å². The molecule has 0 N–H and O–H groups in total. The normalized spacial score (nSPS) is 9.80. The Morgan fingerprint density at radius 1 is 1.70 bits per heavy atom. The van der Waals surface area contributed by atoms with Crippen molar-refractivity contribution in [2.24, 2.45) is 0 Å². The highest BCUT2D eigenvalue weighted by molar-refractivity contribution is 5.45. The van der Waals surface area contributed by atoms with Gasteiger partial charge in [0.05, 0.1) is 0 Å². The van der Waals surface area contributed by atoms with Crippen LogP contribution < -0.4 is 0 Å². The Morgan fingerprint density at radius 3 is 2.80 bits per heavy atom. The number of hydrogen-bond acceptors (Lipinski definition) is 1. The molecule has 0 aliphatic rings. The monoisotopic (exact) mass is 136 g/mol. The van der Waals surface area contributed by atoms with E-state index in [1.807, 2.05) is 6.92 Å². The minimum Gasteiger partial charge on any atom is -0.462 e. The number of aryl methyl sites for hydroxylation is 2. The van der Waals surface area contributed by atoms with Crippen molar-refractivity contribution < 1.29 is 4.42 Å². The first-order valence-electron chi connectivity index (χ1n) is 3.49. The van der Waals surface area contributed by atoms with Crippen molar-refractivity contribution in [3.8, 4) is 0 Å². The summed E-state index contributed by atoms with van der Waals surface area (Å²) in [6.45, 7) is 7.72. The average Bonchev–Trinajstić information content (AvgIpc) is 2.30. The van der Waals surface area contributed by atoms with Crippen molar-refractivity contribution in [2.75, 3.05) is 0 Å². The van der Waals surface area contributed by atoms with Gasteiger partial charge in [0.2, 0.25) is 0 Å². The van der Waals surface area contributed by atoms with Crippen molar-refractivity contribution in [1.82, 2.24) is 0 Å². The maximum atomic E-state index is 5.34. The molecule has 1 heteroatoms. The third-order valence-electron chi connectivity index (χ3n) is 1.53. The van der Waals surface area contributed by atoms with Crippen LogP contribution in [0.2, 0.25) is 0 Å². The van der Waals surface area contributed by atoms with E-state index in [1.165, 1.54) is 5.56 Å². The highest BCUT2D eigenvalue weighted by Crippen LogP contribution is 2.15. The van der Waals surface area contributed by atoms with Crippen molar-refractivity contribution in [1.29, 1.82) is 0 Å². The molecule has 0 aromatic carbocycles. The highest BCUT2D eigenvalue weighted by atomic mass is 16.3. The minimum absolute atomic E-state index is 0.917. The van der Waals surface area contributed by atoms with Gasteiger partial charge in [0.25, 0.3) is 0 Å². The third-order valence-corrected chi connectivity index (χ3v) is 1.53. The van der Waals surface area contributed by atoms with Crippen LogP contribution in [-0.2, 0) is 6.42 Å². The van der Waals surface area contributed by atoms with Gasteiger partial charge in [-0.3, -0.25) is 0 Å². The molecule has 1 heterocycles. The Bertz CT molecular complexity index is 233. The van der Waals surface area contributed by atoms with Gasteiger partial charge in [0.1, 0.15) is 11.5 Å². The van der Waals surface area contributed by atoms with Crippen LogP contribution in [0.15, 0.2) is 17.1 Å². The molecule has 0 aliphatic carbocycles. The Labute approximate surface area is 61.4 Å². The van der Waals surface area contributed by atoms with Crippen LogP contribution in [0.3, 0.4) is 0 Å². The average molecular weight is 136 g/mol. The van der Waals surface area contributed by atoms with Crippen molar-refractivity contribution >= 4 is 6.08 Å². The molecule has 0 radical (unpaired) electrons. The van der Waals surface area contributed by atoms with Crippen molar-refractivity contribution in [3.05, 3.63) is 29.7 Å². The lowest BCUT2D eigenvalue weighted by Gasteiger charge is -1.88. The van der Waals surface area contributed by atoms with Gasteiger partial charge in [0, 0.05) is 0 Å². The first-order valence-corrected chi connectivity index (χ1v) is 3.49. The second-order valence-corrected chi connectivity index (χ2v) is 2.30. The lowest BCUT2D eigenvalue weighted by Crippen LogP contribution is -1.75. The van der Waals surface area contributed by atoms with Crippen LogP contribution in [0.4, 0.5) is 0 Å². The maximum absolute atomic E-state index is 5.34. The van der Waals surface area contributed by atoms with E-state index in [0.29, 0.717) is 0 Å². The van der Waals surface area contributed by atoms with Gasteiger partial charge < -0.3 is 4.42 Å². The van der Waals surface area contributed by atoms with E-state index >= 15 is 0 Å². The fourth-order valence-corrected chi connectivity index (χ4v) is 1.03. The quantitative estimate of drug-likeness (QED) is 0.609. The molecule has 0 aliphatic heterocycles. The summed E-state index contributed by atoms with van der Waals surface area (Å²) in [4.78, 5) is 0. The third kappa shape index (κ3) is 1.13. The molecule has 0 unspecified atom stereocenters. The van der Waals surface area contributed by atoms with Crippen LogP contribution in [0.25, 0.3) is 6.08 Å². The highest BCUT2D eigenvalue weighted by Gasteiger charge is 2.01. The summed E-state index contributed by atoms with van der Waals surface area (Å²) >= 11 is 0. The van der Waals surface area contributed by atoms with E-state index in [4.69, 9.17) is 4.42 Å². The summed E-state index contributed by atoms with van der Waals surface area (Å²) in [6.07, 6.45) is 2.77. The molecule has 0 amide bonds. The maximum Gasteiger partial charge on any atom is 0.129 e. The summed E-state index contributed by atoms with van der Waals surface area (Å²) in [5.74, 6) is 1.88. The van der Waals surface area contributed by atoms with Gasteiger partial charge in [-0.2, -0.15) is 0 Å². The molecule has 54 valence electrons. The summed E-state index contributed by atoms with van der Waals surface area (Å²) < 4.78 is 5.34. The van der Waals surface area contributed by atoms with Gasteiger partial charge in [0.15, 0.2) is 0 Å². The summed E-state index contributed by atoms with van der Waals surface area (Å²) in [7, 11) is 0. The van der Waals surface area contributed by atoms with Crippen LogP contribution in [0.1, 0.15) is 24.0 Å². The first kappa shape index (κ1) is 7.13. The molecule has 1 nitrogen and oxygen atoms in total. The minimum atomic E-state index is 0.917. The molecule has 0 saturated carbocycles. The standard InChI is InChI=1S/C9H12O/c1-4-8-6-7(3)10-9(8)5-2/h5-6H,2,4H2,1,3H3. The fourth-order valence-electron chi connectivity index (χ4n) is 1.03. The van der Waals surface area contributed by atoms with E-state index in [-0.39, 0.29) is 0 Å². The molecule has 0 spiro atoms. The molecular weight excluding hydrogens is 124 g/mol. The predicted octanol–water partition coefficient (Wildman–Crippen LogP) is 2.79. The molecule has 0 fully saturated rings. The molecule has 1 aromatic rings. The van der Waals surface area contributed by atoms with Crippen LogP contribution >= 0.6 is 0 Å². The Balaban J connectivity index is 3.08. The predicted molar refractivity (Wildman–Crippen MR) is 42.9 cm³/mol. The Hall–Kier alpha value is -0.980. The van der Waals surface area contributed by atoms with Gasteiger partial charge in [-0.05, 0) is 31.1 Å². The first-order chi connectivity index (χ1) is 4.77. The smallest absolute Gasteiger partial charge is 0.129 e. The molecule has 1 aromatic heterocycles. The lowest BCUT2D eigenvalue weighted by atomic mass is 10.2. The van der Waals surface area contributed by atoms with Crippen LogP contribution in [0, 0.1) is 6.92 Å². The molecule has 1 rings (SSSR count). The topological polar surface area (TPSA) is 13.1 Å². The van der Waals surface area contributed by atoms with Crippen LogP contribution in [0.5, 0.6) is 0 Å². The van der Waals surface area contributed by atoms with Crippen molar-refractivity contribution in [3.63, 3.8) is 0 Å². The summed E-state index contributed by atoms with van der Waals surface area (Å²) in [5.41, 5.74) is 1.24. The van der Waals surface area contributed by atoms with E-state index in [0.717, 1.165) is 17.9 Å². The SMILES string of the molecule is C=Cc1oc(C)cc1CC. The number of rotatable bonds is 2. The number of hydrogen-bond donors (Lipinski definition) is 0. The zero-order valence-electron chi connectivity index (χ0n) is 6.48. The lowest BCUT2D eigenvalue weighted by molar-refractivity contribution is 0.522. The number of furan rings is 1. The van der Waals surface area contributed by atoms with E-state index < -0.39 is 0 Å². The molecular formula is C9H12O. The molecule has 0 saturated heterocycles. The van der Waals surface area contributed by atoms with Gasteiger partial charge >= 0.3 is 0 Å². The Morgan fingerprint density at radius 2 is 2.40 bits per heavy atom. The zero-order valence-corrected chi connectivity index (χ0v) is 6.48. The second-order valence-electron chi connectivity index (χ2n) is 2.30. The fraction of sp³-hybridized carbons (Fsp3) is 0.333.